The second-order valence-electron chi connectivity index (χ2n) is 6.89. The SMILES string of the molecule is Cc1ccncc1NC(=O)Nc1ccc(-n2cc(CCC(C)C)[nH]2)cc1. The van der Waals surface area contributed by atoms with Crippen LogP contribution in [-0.4, -0.2) is 20.8 Å². The van der Waals surface area contributed by atoms with Crippen LogP contribution in [0.3, 0.4) is 0 Å². The molecule has 3 rings (SSSR count). The van der Waals surface area contributed by atoms with Gasteiger partial charge in [0, 0.05) is 18.1 Å². The number of hydrogen-bond donors (Lipinski definition) is 3. The zero-order valence-corrected chi connectivity index (χ0v) is 15.4. The van der Waals surface area contributed by atoms with Gasteiger partial charge in [-0.05, 0) is 61.6 Å². The van der Waals surface area contributed by atoms with Crippen LogP contribution in [0.15, 0.2) is 48.9 Å². The molecule has 0 bridgehead atoms. The van der Waals surface area contributed by atoms with Crippen LogP contribution < -0.4 is 10.6 Å². The molecule has 3 aromatic rings. The first kappa shape index (κ1) is 17.8. The molecule has 2 heterocycles. The second-order valence-corrected chi connectivity index (χ2v) is 6.89. The zero-order valence-electron chi connectivity index (χ0n) is 15.4. The minimum atomic E-state index is -0.285. The maximum atomic E-state index is 12.1. The summed E-state index contributed by atoms with van der Waals surface area (Å²) in [5.74, 6) is 0.707. The fourth-order valence-corrected chi connectivity index (χ4v) is 2.59. The summed E-state index contributed by atoms with van der Waals surface area (Å²) in [6, 6.07) is 9.26. The van der Waals surface area contributed by atoms with Crippen molar-refractivity contribution < 1.29 is 4.79 Å². The van der Waals surface area contributed by atoms with E-state index >= 15 is 0 Å². The van der Waals surface area contributed by atoms with Gasteiger partial charge in [0.2, 0.25) is 0 Å². The Morgan fingerprint density at radius 2 is 1.92 bits per heavy atom. The Balaban J connectivity index is 1.55. The largest absolute Gasteiger partial charge is 0.323 e. The van der Waals surface area contributed by atoms with Crippen molar-refractivity contribution in [2.45, 2.75) is 33.6 Å². The van der Waals surface area contributed by atoms with Crippen LogP contribution >= 0.6 is 0 Å². The first-order valence-electron chi connectivity index (χ1n) is 8.86. The van der Waals surface area contributed by atoms with Gasteiger partial charge in [0.25, 0.3) is 0 Å². The highest BCUT2D eigenvalue weighted by atomic mass is 16.2. The average molecular weight is 351 g/mol. The van der Waals surface area contributed by atoms with Crippen molar-refractivity contribution in [3.8, 4) is 5.69 Å². The van der Waals surface area contributed by atoms with Crippen LogP contribution in [0.4, 0.5) is 16.2 Å². The summed E-state index contributed by atoms with van der Waals surface area (Å²) in [7, 11) is 0. The Morgan fingerprint density at radius 1 is 1.19 bits per heavy atom. The molecule has 2 aromatic heterocycles. The summed E-state index contributed by atoms with van der Waals surface area (Å²) in [6.45, 7) is 6.39. The third-order valence-corrected chi connectivity index (χ3v) is 4.23. The van der Waals surface area contributed by atoms with Crippen LogP contribution in [0.2, 0.25) is 0 Å². The first-order valence-corrected chi connectivity index (χ1v) is 8.86. The normalized spacial score (nSPS) is 10.9. The third kappa shape index (κ3) is 4.53. The number of benzene rings is 1. The van der Waals surface area contributed by atoms with E-state index in [9.17, 15) is 4.79 Å². The van der Waals surface area contributed by atoms with Crippen molar-refractivity contribution in [2.75, 3.05) is 10.6 Å². The molecule has 0 aliphatic rings. The second kappa shape index (κ2) is 7.91. The molecular formula is C20H25N5O. The number of urea groups is 1. The number of nitrogens with zero attached hydrogens (tertiary/aromatic N) is 2. The standard InChI is InChI=1S/C20H25N5O/c1-14(2)4-5-17-13-25(24-17)18-8-6-16(7-9-18)22-20(26)23-19-12-21-11-10-15(19)3/h6-14,24H,4-5H2,1-3H3,(H2,22,23,26). The monoisotopic (exact) mass is 351 g/mol. The number of amides is 2. The molecule has 0 fully saturated rings. The highest BCUT2D eigenvalue weighted by Crippen LogP contribution is 2.17. The summed E-state index contributed by atoms with van der Waals surface area (Å²) in [5, 5.41) is 8.97. The number of carbonyl (C=O) groups excluding carboxylic acids is 1. The molecule has 0 atom stereocenters. The van der Waals surface area contributed by atoms with E-state index in [0.29, 0.717) is 11.6 Å². The number of anilines is 2. The van der Waals surface area contributed by atoms with E-state index in [1.165, 1.54) is 12.1 Å². The molecule has 1 aromatic carbocycles. The van der Waals surface area contributed by atoms with E-state index in [-0.39, 0.29) is 6.03 Å². The first-order chi connectivity index (χ1) is 12.5. The van der Waals surface area contributed by atoms with Crippen LogP contribution in [0.25, 0.3) is 5.69 Å². The van der Waals surface area contributed by atoms with E-state index < -0.39 is 0 Å². The topological polar surface area (TPSA) is 74.7 Å². The summed E-state index contributed by atoms with van der Waals surface area (Å²) in [4.78, 5) is 16.1. The quantitative estimate of drug-likeness (QED) is 0.600. The van der Waals surface area contributed by atoms with E-state index in [2.05, 4.69) is 40.8 Å². The van der Waals surface area contributed by atoms with E-state index in [1.54, 1.807) is 12.4 Å². The molecule has 0 unspecified atom stereocenters. The van der Waals surface area contributed by atoms with Crippen molar-refractivity contribution in [1.82, 2.24) is 14.8 Å². The van der Waals surface area contributed by atoms with Gasteiger partial charge in [0.15, 0.2) is 0 Å². The molecular weight excluding hydrogens is 326 g/mol. The lowest BCUT2D eigenvalue weighted by Crippen LogP contribution is -2.20. The molecule has 6 nitrogen and oxygen atoms in total. The summed E-state index contributed by atoms with van der Waals surface area (Å²) in [6.07, 6.45) is 7.70. The highest BCUT2D eigenvalue weighted by molar-refractivity contribution is 6.00. The molecule has 26 heavy (non-hydrogen) atoms. The molecule has 0 spiro atoms. The summed E-state index contributed by atoms with van der Waals surface area (Å²) >= 11 is 0. The van der Waals surface area contributed by atoms with Gasteiger partial charge in [0.1, 0.15) is 0 Å². The van der Waals surface area contributed by atoms with E-state index in [4.69, 9.17) is 0 Å². The van der Waals surface area contributed by atoms with Crippen LogP contribution in [-0.2, 0) is 6.42 Å². The van der Waals surface area contributed by atoms with Gasteiger partial charge >= 0.3 is 6.03 Å². The molecule has 6 heteroatoms. The van der Waals surface area contributed by atoms with Gasteiger partial charge in [-0.15, -0.1) is 0 Å². The number of aromatic nitrogens is 3. The predicted molar refractivity (Wildman–Crippen MR) is 105 cm³/mol. The molecule has 3 N–H and O–H groups in total. The minimum Gasteiger partial charge on any atom is -0.308 e. The Morgan fingerprint density at radius 3 is 2.58 bits per heavy atom. The van der Waals surface area contributed by atoms with Crippen molar-refractivity contribution in [1.29, 1.82) is 0 Å². The van der Waals surface area contributed by atoms with Crippen molar-refractivity contribution >= 4 is 17.4 Å². The minimum absolute atomic E-state index is 0.285. The van der Waals surface area contributed by atoms with Gasteiger partial charge in [-0.3, -0.25) is 14.8 Å². The lowest BCUT2D eigenvalue weighted by atomic mass is 10.1. The Hall–Kier alpha value is -3.02. The van der Waals surface area contributed by atoms with Crippen LogP contribution in [0.5, 0.6) is 0 Å². The number of carbonyl (C=O) groups is 1. The van der Waals surface area contributed by atoms with Crippen molar-refractivity contribution in [2.24, 2.45) is 5.92 Å². The van der Waals surface area contributed by atoms with Gasteiger partial charge in [-0.25, -0.2) is 4.79 Å². The lowest BCUT2D eigenvalue weighted by Gasteiger charge is -2.17. The number of aromatic amines is 1. The fraction of sp³-hybridized carbons (Fsp3) is 0.300. The van der Waals surface area contributed by atoms with Gasteiger partial charge in [-0.1, -0.05) is 13.8 Å². The van der Waals surface area contributed by atoms with Crippen molar-refractivity contribution in [3.05, 3.63) is 60.2 Å². The van der Waals surface area contributed by atoms with Gasteiger partial charge in [0.05, 0.1) is 23.3 Å². The van der Waals surface area contributed by atoms with E-state index in [0.717, 1.165) is 23.4 Å². The molecule has 2 amide bonds. The molecule has 0 aliphatic heterocycles. The Labute approximate surface area is 153 Å². The Bertz CT molecular complexity index is 848. The van der Waals surface area contributed by atoms with Crippen LogP contribution in [0, 0.1) is 12.8 Å². The predicted octanol–water partition coefficient (Wildman–Crippen LogP) is 4.74. The maximum Gasteiger partial charge on any atom is 0.323 e. The number of nitrogens with one attached hydrogen (secondary N) is 3. The number of H-pyrrole nitrogens is 1. The molecule has 136 valence electrons. The maximum absolute atomic E-state index is 12.1. The summed E-state index contributed by atoms with van der Waals surface area (Å²) < 4.78 is 1.98. The van der Waals surface area contributed by atoms with Gasteiger partial charge < -0.3 is 10.6 Å². The lowest BCUT2D eigenvalue weighted by molar-refractivity contribution is 0.262. The smallest absolute Gasteiger partial charge is 0.308 e. The van der Waals surface area contributed by atoms with Crippen molar-refractivity contribution in [3.63, 3.8) is 0 Å². The number of aryl methyl sites for hydroxylation is 2. The average Bonchev–Trinajstić information content (AvgIpc) is 2.56. The number of pyridine rings is 1. The van der Waals surface area contributed by atoms with Gasteiger partial charge in [-0.2, -0.15) is 0 Å². The molecule has 0 saturated carbocycles. The number of rotatable bonds is 6. The Kier molecular flexibility index (Phi) is 5.41. The summed E-state index contributed by atoms with van der Waals surface area (Å²) in [5.41, 5.74) is 4.69. The molecule has 0 radical (unpaired) electrons. The third-order valence-electron chi connectivity index (χ3n) is 4.23. The van der Waals surface area contributed by atoms with E-state index in [1.807, 2.05) is 41.9 Å². The van der Waals surface area contributed by atoms with Crippen LogP contribution in [0.1, 0.15) is 31.5 Å². The molecule has 0 aliphatic carbocycles. The highest BCUT2D eigenvalue weighted by Gasteiger charge is 2.07. The molecule has 0 saturated heterocycles. The zero-order chi connectivity index (χ0) is 18.5. The fourth-order valence-electron chi connectivity index (χ4n) is 2.59. The number of hydrogen-bond acceptors (Lipinski definition) is 2.